The van der Waals surface area contributed by atoms with E-state index in [0.29, 0.717) is 11.6 Å². The van der Waals surface area contributed by atoms with Crippen molar-refractivity contribution in [2.75, 3.05) is 13.1 Å². The second-order valence-electron chi connectivity index (χ2n) is 5.34. The van der Waals surface area contributed by atoms with Crippen molar-refractivity contribution >= 4 is 5.91 Å². The van der Waals surface area contributed by atoms with Crippen LogP contribution in [0, 0.1) is 12.8 Å². The Morgan fingerprint density at radius 3 is 2.89 bits per heavy atom. The zero-order chi connectivity index (χ0) is 13.8. The van der Waals surface area contributed by atoms with Crippen LogP contribution in [0.3, 0.4) is 0 Å². The third kappa shape index (κ3) is 3.35. The Bertz CT molecular complexity index is 435. The Labute approximate surface area is 114 Å². The minimum atomic E-state index is -0.00603. The highest BCUT2D eigenvalue weighted by atomic mass is 16.2. The highest BCUT2D eigenvalue weighted by Gasteiger charge is 2.23. The molecule has 1 aromatic rings. The minimum Gasteiger partial charge on any atom is -0.348 e. The molecule has 0 aliphatic carbocycles. The molecule has 1 fully saturated rings. The van der Waals surface area contributed by atoms with Crippen molar-refractivity contribution in [2.24, 2.45) is 5.92 Å². The van der Waals surface area contributed by atoms with Crippen LogP contribution in [0.2, 0.25) is 0 Å². The van der Waals surface area contributed by atoms with E-state index in [2.05, 4.69) is 22.7 Å². The number of hydrogen-bond donors (Lipinski definition) is 2. The van der Waals surface area contributed by atoms with Gasteiger partial charge >= 0.3 is 0 Å². The fourth-order valence-corrected chi connectivity index (χ4v) is 2.71. The largest absolute Gasteiger partial charge is 0.348 e. The quantitative estimate of drug-likeness (QED) is 0.862. The topological polar surface area (TPSA) is 59.0 Å². The Morgan fingerprint density at radius 1 is 1.58 bits per heavy atom. The number of amides is 1. The number of carbonyl (C=O) groups excluding carboxylic acids is 1. The van der Waals surface area contributed by atoms with Crippen molar-refractivity contribution in [1.82, 2.24) is 20.4 Å². The molecule has 0 aromatic carbocycles. The van der Waals surface area contributed by atoms with E-state index in [-0.39, 0.29) is 11.9 Å². The van der Waals surface area contributed by atoms with E-state index < -0.39 is 0 Å². The van der Waals surface area contributed by atoms with E-state index in [0.717, 1.165) is 38.2 Å². The van der Waals surface area contributed by atoms with E-state index in [1.807, 2.05) is 19.9 Å². The highest BCUT2D eigenvalue weighted by molar-refractivity contribution is 5.92. The second-order valence-corrected chi connectivity index (χ2v) is 5.34. The van der Waals surface area contributed by atoms with Crippen LogP contribution < -0.4 is 10.6 Å². The summed E-state index contributed by atoms with van der Waals surface area (Å²) < 4.78 is 1.76. The Kier molecular flexibility index (Phi) is 4.58. The lowest BCUT2D eigenvalue weighted by molar-refractivity contribution is 0.0910. The Balaban J connectivity index is 1.99. The first-order chi connectivity index (χ1) is 9.11. The van der Waals surface area contributed by atoms with Crippen molar-refractivity contribution in [3.8, 4) is 0 Å². The molecule has 1 unspecified atom stereocenters. The Hall–Kier alpha value is -1.36. The molecule has 2 heterocycles. The zero-order valence-corrected chi connectivity index (χ0v) is 12.1. The van der Waals surface area contributed by atoms with Gasteiger partial charge in [-0.25, -0.2) is 0 Å². The lowest BCUT2D eigenvalue weighted by Gasteiger charge is -2.28. The Morgan fingerprint density at radius 2 is 2.26 bits per heavy atom. The summed E-state index contributed by atoms with van der Waals surface area (Å²) in [7, 11) is 0. The fraction of sp³-hybridized carbons (Fsp3) is 0.714. The number of nitrogens with zero attached hydrogens (tertiary/aromatic N) is 2. The summed E-state index contributed by atoms with van der Waals surface area (Å²) in [5.74, 6) is 0.567. The number of aromatic nitrogens is 2. The van der Waals surface area contributed by atoms with E-state index in [4.69, 9.17) is 0 Å². The smallest absolute Gasteiger partial charge is 0.269 e. The van der Waals surface area contributed by atoms with Gasteiger partial charge in [0.15, 0.2) is 0 Å². The molecule has 1 aromatic heterocycles. The van der Waals surface area contributed by atoms with Gasteiger partial charge in [-0.15, -0.1) is 0 Å². The molecular weight excluding hydrogens is 240 g/mol. The van der Waals surface area contributed by atoms with Crippen LogP contribution in [-0.2, 0) is 6.54 Å². The molecule has 1 amide bonds. The standard InChI is InChI=1S/C14H24N4O/c1-4-18-13(9-10(2)17-18)14(19)16-11(3)12-5-7-15-8-6-12/h9,11-12,15H,4-8H2,1-3H3,(H,16,19). The van der Waals surface area contributed by atoms with Crippen LogP contribution in [0.1, 0.15) is 42.9 Å². The highest BCUT2D eigenvalue weighted by Crippen LogP contribution is 2.16. The van der Waals surface area contributed by atoms with Gasteiger partial charge < -0.3 is 10.6 Å². The van der Waals surface area contributed by atoms with Crippen LogP contribution in [0.5, 0.6) is 0 Å². The van der Waals surface area contributed by atoms with Crippen molar-refractivity contribution in [3.63, 3.8) is 0 Å². The number of carbonyl (C=O) groups is 1. The minimum absolute atomic E-state index is 0.00603. The first kappa shape index (κ1) is 14.1. The maximum Gasteiger partial charge on any atom is 0.269 e. The SMILES string of the molecule is CCn1nc(C)cc1C(=O)NC(C)C1CCNCC1. The summed E-state index contributed by atoms with van der Waals surface area (Å²) in [5, 5.41) is 10.8. The summed E-state index contributed by atoms with van der Waals surface area (Å²) in [4.78, 5) is 12.3. The maximum atomic E-state index is 12.3. The van der Waals surface area contributed by atoms with Gasteiger partial charge in [-0.05, 0) is 58.7 Å². The van der Waals surface area contributed by atoms with Gasteiger partial charge in [0.2, 0.25) is 0 Å². The van der Waals surface area contributed by atoms with Crippen molar-refractivity contribution in [1.29, 1.82) is 0 Å². The van der Waals surface area contributed by atoms with E-state index in [1.165, 1.54) is 0 Å². The zero-order valence-electron chi connectivity index (χ0n) is 12.1. The van der Waals surface area contributed by atoms with Crippen LogP contribution in [-0.4, -0.2) is 34.8 Å². The van der Waals surface area contributed by atoms with Gasteiger partial charge in [-0.3, -0.25) is 9.48 Å². The maximum absolute atomic E-state index is 12.3. The molecule has 5 heteroatoms. The molecule has 2 N–H and O–H groups in total. The number of hydrogen-bond acceptors (Lipinski definition) is 3. The molecule has 0 spiro atoms. The van der Waals surface area contributed by atoms with Gasteiger partial charge in [0.1, 0.15) is 5.69 Å². The van der Waals surface area contributed by atoms with Gasteiger partial charge in [-0.1, -0.05) is 0 Å². The van der Waals surface area contributed by atoms with Gasteiger partial charge in [0, 0.05) is 12.6 Å². The van der Waals surface area contributed by atoms with Crippen molar-refractivity contribution in [3.05, 3.63) is 17.5 Å². The summed E-state index contributed by atoms with van der Waals surface area (Å²) >= 11 is 0. The second kappa shape index (κ2) is 6.19. The molecule has 1 aliphatic heterocycles. The lowest BCUT2D eigenvalue weighted by Crippen LogP contribution is -2.43. The summed E-state index contributed by atoms with van der Waals surface area (Å²) in [6.45, 7) is 8.85. The molecule has 106 valence electrons. The average Bonchev–Trinajstić information content (AvgIpc) is 2.81. The molecular formula is C14H24N4O. The molecule has 1 saturated heterocycles. The normalized spacial score (nSPS) is 18.3. The molecule has 5 nitrogen and oxygen atoms in total. The predicted molar refractivity (Wildman–Crippen MR) is 75.2 cm³/mol. The third-order valence-electron chi connectivity index (χ3n) is 3.88. The third-order valence-corrected chi connectivity index (χ3v) is 3.88. The van der Waals surface area contributed by atoms with Crippen LogP contribution in [0.15, 0.2) is 6.07 Å². The first-order valence-electron chi connectivity index (χ1n) is 7.17. The van der Waals surface area contributed by atoms with Gasteiger partial charge in [0.05, 0.1) is 5.69 Å². The monoisotopic (exact) mass is 264 g/mol. The van der Waals surface area contributed by atoms with Crippen LogP contribution >= 0.6 is 0 Å². The summed E-state index contributed by atoms with van der Waals surface area (Å²) in [6.07, 6.45) is 2.26. The number of rotatable bonds is 4. The molecule has 1 aliphatic rings. The van der Waals surface area contributed by atoms with E-state index in [1.54, 1.807) is 4.68 Å². The van der Waals surface area contributed by atoms with Gasteiger partial charge in [0.25, 0.3) is 5.91 Å². The first-order valence-corrected chi connectivity index (χ1v) is 7.17. The summed E-state index contributed by atoms with van der Waals surface area (Å²) in [5.41, 5.74) is 1.56. The molecule has 0 saturated carbocycles. The summed E-state index contributed by atoms with van der Waals surface area (Å²) in [6, 6.07) is 2.07. The average molecular weight is 264 g/mol. The molecule has 1 atom stereocenters. The van der Waals surface area contributed by atoms with Crippen molar-refractivity contribution < 1.29 is 4.79 Å². The van der Waals surface area contributed by atoms with Gasteiger partial charge in [-0.2, -0.15) is 5.10 Å². The number of aryl methyl sites for hydroxylation is 2. The molecule has 0 radical (unpaired) electrons. The number of nitrogens with one attached hydrogen (secondary N) is 2. The van der Waals surface area contributed by atoms with E-state index >= 15 is 0 Å². The van der Waals surface area contributed by atoms with Crippen LogP contribution in [0.25, 0.3) is 0 Å². The molecule has 0 bridgehead atoms. The number of piperidine rings is 1. The van der Waals surface area contributed by atoms with E-state index in [9.17, 15) is 4.79 Å². The molecule has 19 heavy (non-hydrogen) atoms. The van der Waals surface area contributed by atoms with Crippen molar-refractivity contribution in [2.45, 2.75) is 46.2 Å². The predicted octanol–water partition coefficient (Wildman–Crippen LogP) is 1.33. The molecule has 2 rings (SSSR count). The van der Waals surface area contributed by atoms with Crippen LogP contribution in [0.4, 0.5) is 0 Å². The fourth-order valence-electron chi connectivity index (χ4n) is 2.71. The lowest BCUT2D eigenvalue weighted by atomic mass is 9.91.